The van der Waals surface area contributed by atoms with Crippen molar-refractivity contribution >= 4 is 5.82 Å². The van der Waals surface area contributed by atoms with E-state index >= 15 is 0 Å². The molecule has 1 heterocycles. The van der Waals surface area contributed by atoms with Crippen molar-refractivity contribution in [3.05, 3.63) is 21.7 Å². The minimum absolute atomic E-state index is 0.136. The first-order valence-electron chi connectivity index (χ1n) is 4.76. The van der Waals surface area contributed by atoms with Crippen LogP contribution in [0.25, 0.3) is 0 Å². The normalized spacial score (nSPS) is 10.4. The van der Waals surface area contributed by atoms with Crippen molar-refractivity contribution in [2.75, 3.05) is 12.3 Å². The summed E-state index contributed by atoms with van der Waals surface area (Å²) >= 11 is 0. The third-order valence-corrected chi connectivity index (χ3v) is 1.98. The number of nitrogens with one attached hydrogen (secondary N) is 1. The third-order valence-electron chi connectivity index (χ3n) is 1.98. The standard InChI is InChI=1S/C9H16N4O/c1-2-3-6-8(11)12-7(4-5-10)13-9(6)14/h2-5,10H2,1H3,(H3,11,12,13,14). The summed E-state index contributed by atoms with van der Waals surface area (Å²) in [5.41, 5.74) is 11.5. The quantitative estimate of drug-likeness (QED) is 0.621. The molecule has 1 aromatic heterocycles. The second kappa shape index (κ2) is 4.76. The predicted octanol–water partition coefficient (Wildman–Crippen LogP) is -0.194. The Balaban J connectivity index is 3.05. The number of nitrogen functional groups attached to an aromatic ring is 1. The van der Waals surface area contributed by atoms with E-state index in [9.17, 15) is 4.79 Å². The third kappa shape index (κ3) is 2.32. The highest BCUT2D eigenvalue weighted by molar-refractivity contribution is 5.37. The van der Waals surface area contributed by atoms with Gasteiger partial charge in [-0.2, -0.15) is 0 Å². The lowest BCUT2D eigenvalue weighted by Gasteiger charge is -2.04. The van der Waals surface area contributed by atoms with Gasteiger partial charge in [0.1, 0.15) is 11.6 Å². The molecule has 14 heavy (non-hydrogen) atoms. The van der Waals surface area contributed by atoms with Gasteiger partial charge in [0.25, 0.3) is 5.56 Å². The molecule has 0 unspecified atom stereocenters. The van der Waals surface area contributed by atoms with Crippen LogP contribution >= 0.6 is 0 Å². The zero-order valence-electron chi connectivity index (χ0n) is 8.34. The fourth-order valence-corrected chi connectivity index (χ4v) is 1.31. The van der Waals surface area contributed by atoms with Gasteiger partial charge in [0.05, 0.1) is 5.56 Å². The molecule has 0 bridgehead atoms. The minimum atomic E-state index is -0.136. The van der Waals surface area contributed by atoms with Crippen molar-refractivity contribution in [2.24, 2.45) is 5.73 Å². The molecule has 0 saturated carbocycles. The monoisotopic (exact) mass is 196 g/mol. The maximum Gasteiger partial charge on any atom is 0.256 e. The van der Waals surface area contributed by atoms with Crippen LogP contribution in [0, 0.1) is 0 Å². The molecule has 0 aliphatic heterocycles. The molecule has 5 nitrogen and oxygen atoms in total. The zero-order valence-corrected chi connectivity index (χ0v) is 8.34. The lowest BCUT2D eigenvalue weighted by Crippen LogP contribution is -2.21. The van der Waals surface area contributed by atoms with E-state index in [-0.39, 0.29) is 5.56 Å². The average Bonchev–Trinajstić information content (AvgIpc) is 2.12. The fourth-order valence-electron chi connectivity index (χ4n) is 1.31. The molecule has 0 aliphatic carbocycles. The number of hydrogen-bond donors (Lipinski definition) is 3. The van der Waals surface area contributed by atoms with E-state index in [1.807, 2.05) is 6.92 Å². The molecule has 0 aromatic carbocycles. The lowest BCUT2D eigenvalue weighted by atomic mass is 10.2. The van der Waals surface area contributed by atoms with Crippen LogP contribution < -0.4 is 17.0 Å². The van der Waals surface area contributed by atoms with Crippen molar-refractivity contribution in [3.63, 3.8) is 0 Å². The van der Waals surface area contributed by atoms with Gasteiger partial charge in [0.15, 0.2) is 0 Å². The summed E-state index contributed by atoms with van der Waals surface area (Å²) in [7, 11) is 0. The Bertz CT molecular complexity index is 358. The van der Waals surface area contributed by atoms with E-state index in [0.29, 0.717) is 36.6 Å². The number of nitrogens with zero attached hydrogens (tertiary/aromatic N) is 1. The smallest absolute Gasteiger partial charge is 0.256 e. The van der Waals surface area contributed by atoms with Crippen molar-refractivity contribution in [2.45, 2.75) is 26.2 Å². The molecule has 0 saturated heterocycles. The van der Waals surface area contributed by atoms with Gasteiger partial charge in [-0.15, -0.1) is 0 Å². The molecule has 5 heteroatoms. The SMILES string of the molecule is CCCc1c(N)nc(CCN)[nH]c1=O. The number of anilines is 1. The Morgan fingerprint density at radius 1 is 1.43 bits per heavy atom. The summed E-state index contributed by atoms with van der Waals surface area (Å²) < 4.78 is 0. The number of rotatable bonds is 4. The Morgan fingerprint density at radius 2 is 2.14 bits per heavy atom. The predicted molar refractivity (Wildman–Crippen MR) is 56.0 cm³/mol. The first-order chi connectivity index (χ1) is 6.69. The Morgan fingerprint density at radius 3 is 2.64 bits per heavy atom. The van der Waals surface area contributed by atoms with Crippen LogP contribution in [0.1, 0.15) is 24.7 Å². The summed E-state index contributed by atoms with van der Waals surface area (Å²) in [5, 5.41) is 0. The molecule has 0 spiro atoms. The van der Waals surface area contributed by atoms with Crippen LogP contribution in [0.3, 0.4) is 0 Å². The van der Waals surface area contributed by atoms with Gasteiger partial charge in [0.2, 0.25) is 0 Å². The van der Waals surface area contributed by atoms with E-state index in [0.717, 1.165) is 6.42 Å². The van der Waals surface area contributed by atoms with Crippen LogP contribution in [0.5, 0.6) is 0 Å². The highest BCUT2D eigenvalue weighted by Crippen LogP contribution is 2.05. The minimum Gasteiger partial charge on any atom is -0.383 e. The number of H-pyrrole nitrogens is 1. The molecule has 1 rings (SSSR count). The van der Waals surface area contributed by atoms with Crippen LogP contribution in [0.4, 0.5) is 5.82 Å². The van der Waals surface area contributed by atoms with Crippen molar-refractivity contribution in [3.8, 4) is 0 Å². The molecule has 78 valence electrons. The van der Waals surface area contributed by atoms with Gasteiger partial charge in [0, 0.05) is 6.42 Å². The van der Waals surface area contributed by atoms with Gasteiger partial charge >= 0.3 is 0 Å². The molecule has 0 aliphatic rings. The molecule has 0 atom stereocenters. The summed E-state index contributed by atoms with van der Waals surface area (Å²) in [4.78, 5) is 18.3. The second-order valence-electron chi connectivity index (χ2n) is 3.17. The van der Waals surface area contributed by atoms with Crippen molar-refractivity contribution < 1.29 is 0 Å². The van der Waals surface area contributed by atoms with E-state index < -0.39 is 0 Å². The highest BCUT2D eigenvalue weighted by atomic mass is 16.1. The van der Waals surface area contributed by atoms with Gasteiger partial charge in [-0.3, -0.25) is 4.79 Å². The largest absolute Gasteiger partial charge is 0.383 e. The lowest BCUT2D eigenvalue weighted by molar-refractivity contribution is 0.827. The van der Waals surface area contributed by atoms with Gasteiger partial charge in [-0.25, -0.2) is 4.98 Å². The summed E-state index contributed by atoms with van der Waals surface area (Å²) in [6.07, 6.45) is 2.09. The summed E-state index contributed by atoms with van der Waals surface area (Å²) in [5.74, 6) is 0.897. The molecule has 0 amide bonds. The summed E-state index contributed by atoms with van der Waals surface area (Å²) in [6.45, 7) is 2.45. The average molecular weight is 196 g/mol. The maximum atomic E-state index is 11.5. The van der Waals surface area contributed by atoms with Gasteiger partial charge in [-0.05, 0) is 13.0 Å². The molecule has 1 aromatic rings. The Hall–Kier alpha value is -1.36. The van der Waals surface area contributed by atoms with Crippen LogP contribution in [0.2, 0.25) is 0 Å². The molecular formula is C9H16N4O. The van der Waals surface area contributed by atoms with Crippen molar-refractivity contribution in [1.82, 2.24) is 9.97 Å². The molecular weight excluding hydrogens is 180 g/mol. The first kappa shape index (κ1) is 10.7. The van der Waals surface area contributed by atoms with Crippen molar-refractivity contribution in [1.29, 1.82) is 0 Å². The van der Waals surface area contributed by atoms with E-state index in [1.54, 1.807) is 0 Å². The number of aromatic nitrogens is 2. The van der Waals surface area contributed by atoms with Gasteiger partial charge < -0.3 is 16.5 Å². The first-order valence-corrected chi connectivity index (χ1v) is 4.76. The fraction of sp³-hybridized carbons (Fsp3) is 0.556. The van der Waals surface area contributed by atoms with Crippen LogP contribution in [0.15, 0.2) is 4.79 Å². The van der Waals surface area contributed by atoms with E-state index in [2.05, 4.69) is 9.97 Å². The molecule has 5 N–H and O–H groups in total. The van der Waals surface area contributed by atoms with E-state index in [4.69, 9.17) is 11.5 Å². The van der Waals surface area contributed by atoms with Gasteiger partial charge in [-0.1, -0.05) is 13.3 Å². The Kier molecular flexibility index (Phi) is 3.64. The van der Waals surface area contributed by atoms with Crippen LogP contribution in [-0.2, 0) is 12.8 Å². The molecule has 0 radical (unpaired) electrons. The summed E-state index contributed by atoms with van der Waals surface area (Å²) in [6, 6.07) is 0. The zero-order chi connectivity index (χ0) is 10.6. The topological polar surface area (TPSA) is 97.8 Å². The van der Waals surface area contributed by atoms with E-state index in [1.165, 1.54) is 0 Å². The maximum absolute atomic E-state index is 11.5. The second-order valence-corrected chi connectivity index (χ2v) is 3.17. The highest BCUT2D eigenvalue weighted by Gasteiger charge is 2.06. The Labute approximate surface area is 82.5 Å². The number of hydrogen-bond acceptors (Lipinski definition) is 4. The number of nitrogens with two attached hydrogens (primary N) is 2. The number of aromatic amines is 1. The van der Waals surface area contributed by atoms with Crippen LogP contribution in [-0.4, -0.2) is 16.5 Å². The molecule has 0 fully saturated rings.